The lowest BCUT2D eigenvalue weighted by Gasteiger charge is -2.29. The van der Waals surface area contributed by atoms with E-state index in [1.165, 1.54) is 0 Å². The fraction of sp³-hybridized carbons (Fsp3) is 0.636. The highest BCUT2D eigenvalue weighted by atomic mass is 19.4. The van der Waals surface area contributed by atoms with Gasteiger partial charge in [0.25, 0.3) is 5.91 Å². The molecular weight excluding hydrogens is 261 g/mol. The van der Waals surface area contributed by atoms with E-state index in [1.54, 1.807) is 0 Å². The number of nitrogens with one attached hydrogen (secondary N) is 2. The van der Waals surface area contributed by atoms with Crippen molar-refractivity contribution in [1.82, 2.24) is 20.4 Å². The molecule has 0 saturated carbocycles. The predicted molar refractivity (Wildman–Crippen MR) is 61.6 cm³/mol. The van der Waals surface area contributed by atoms with Gasteiger partial charge in [0.05, 0.1) is 0 Å². The van der Waals surface area contributed by atoms with E-state index in [9.17, 15) is 18.0 Å². The lowest BCUT2D eigenvalue weighted by molar-refractivity contribution is -0.141. The van der Waals surface area contributed by atoms with Gasteiger partial charge in [-0.2, -0.15) is 18.3 Å². The van der Waals surface area contributed by atoms with E-state index in [2.05, 4.69) is 15.3 Å². The normalized spacial score (nSPS) is 18.5. The number of H-pyrrole nitrogens is 1. The van der Waals surface area contributed by atoms with Crippen LogP contribution in [0.1, 0.15) is 29.0 Å². The zero-order valence-electron chi connectivity index (χ0n) is 10.4. The van der Waals surface area contributed by atoms with Gasteiger partial charge < -0.3 is 10.2 Å². The molecule has 1 aromatic heterocycles. The van der Waals surface area contributed by atoms with Gasteiger partial charge in [0.1, 0.15) is 5.69 Å². The summed E-state index contributed by atoms with van der Waals surface area (Å²) in [6.07, 6.45) is -2.93. The molecule has 0 aromatic carbocycles. The van der Waals surface area contributed by atoms with E-state index in [1.807, 2.05) is 12.1 Å². The molecule has 1 fully saturated rings. The maximum absolute atomic E-state index is 12.4. The van der Waals surface area contributed by atoms with Crippen molar-refractivity contribution in [3.8, 4) is 0 Å². The zero-order chi connectivity index (χ0) is 14.0. The third-order valence-electron chi connectivity index (χ3n) is 3.17. The average molecular weight is 276 g/mol. The number of rotatable bonds is 2. The molecule has 8 heteroatoms. The molecular formula is C11H15F3N4O. The molecule has 5 nitrogen and oxygen atoms in total. The fourth-order valence-corrected chi connectivity index (χ4v) is 2.00. The van der Waals surface area contributed by atoms with E-state index in [0.717, 1.165) is 32.0 Å². The third kappa shape index (κ3) is 3.46. The van der Waals surface area contributed by atoms with Gasteiger partial charge in [0.2, 0.25) is 0 Å². The largest absolute Gasteiger partial charge is 0.432 e. The number of likely N-dealkylation sites (tertiary alicyclic amines) is 1. The molecule has 0 atom stereocenters. The van der Waals surface area contributed by atoms with Crippen LogP contribution in [0.3, 0.4) is 0 Å². The van der Waals surface area contributed by atoms with E-state index < -0.39 is 17.8 Å². The van der Waals surface area contributed by atoms with Crippen LogP contribution in [0, 0.1) is 0 Å². The SMILES string of the molecule is CN1CCC(NC(=O)c2cc(C(F)(F)F)[nH]n2)CC1. The minimum absolute atomic E-state index is 0.00487. The lowest BCUT2D eigenvalue weighted by Crippen LogP contribution is -2.43. The second kappa shape index (κ2) is 5.20. The first kappa shape index (κ1) is 13.9. The summed E-state index contributed by atoms with van der Waals surface area (Å²) in [5, 5.41) is 7.93. The number of hydrogen-bond donors (Lipinski definition) is 2. The third-order valence-corrected chi connectivity index (χ3v) is 3.17. The highest BCUT2D eigenvalue weighted by molar-refractivity contribution is 5.92. The van der Waals surface area contributed by atoms with Crippen molar-refractivity contribution in [2.24, 2.45) is 0 Å². The molecule has 0 aliphatic carbocycles. The quantitative estimate of drug-likeness (QED) is 0.854. The van der Waals surface area contributed by atoms with Crippen LogP contribution in [0.2, 0.25) is 0 Å². The Kier molecular flexibility index (Phi) is 3.79. The number of hydrogen-bond acceptors (Lipinski definition) is 3. The van der Waals surface area contributed by atoms with Crippen LogP contribution < -0.4 is 5.32 Å². The van der Waals surface area contributed by atoms with Crippen molar-refractivity contribution in [3.05, 3.63) is 17.5 Å². The number of piperidine rings is 1. The number of carbonyl (C=O) groups excluding carboxylic acids is 1. The first-order valence-corrected chi connectivity index (χ1v) is 5.98. The molecule has 1 aliphatic rings. The van der Waals surface area contributed by atoms with Gasteiger partial charge in [0, 0.05) is 12.1 Å². The summed E-state index contributed by atoms with van der Waals surface area (Å²) in [5.41, 5.74) is -1.24. The van der Waals surface area contributed by atoms with Gasteiger partial charge in [-0.25, -0.2) is 0 Å². The van der Waals surface area contributed by atoms with Crippen LogP contribution in [0.5, 0.6) is 0 Å². The first-order valence-electron chi connectivity index (χ1n) is 5.98. The van der Waals surface area contributed by atoms with Crippen LogP contribution in [0.4, 0.5) is 13.2 Å². The van der Waals surface area contributed by atoms with E-state index in [4.69, 9.17) is 0 Å². The zero-order valence-corrected chi connectivity index (χ0v) is 10.4. The summed E-state index contributed by atoms with van der Waals surface area (Å²) in [4.78, 5) is 13.9. The molecule has 19 heavy (non-hydrogen) atoms. The second-order valence-electron chi connectivity index (χ2n) is 4.72. The van der Waals surface area contributed by atoms with Crippen molar-refractivity contribution in [1.29, 1.82) is 0 Å². The van der Waals surface area contributed by atoms with Gasteiger partial charge in [-0.1, -0.05) is 0 Å². The summed E-state index contributed by atoms with van der Waals surface area (Å²) in [6.45, 7) is 1.72. The van der Waals surface area contributed by atoms with E-state index in [0.29, 0.717) is 0 Å². The molecule has 0 bridgehead atoms. The molecule has 2 rings (SSSR count). The van der Waals surface area contributed by atoms with Crippen LogP contribution in [-0.4, -0.2) is 47.2 Å². The summed E-state index contributed by atoms with van der Waals surface area (Å²) < 4.78 is 37.1. The topological polar surface area (TPSA) is 61.0 Å². The monoisotopic (exact) mass is 276 g/mol. The molecule has 1 aliphatic heterocycles. The number of carbonyl (C=O) groups is 1. The van der Waals surface area contributed by atoms with Crippen molar-refractivity contribution in [2.75, 3.05) is 20.1 Å². The minimum atomic E-state index is -4.51. The maximum atomic E-state index is 12.4. The van der Waals surface area contributed by atoms with E-state index >= 15 is 0 Å². The Morgan fingerprint density at radius 3 is 2.63 bits per heavy atom. The number of halogens is 3. The Bertz CT molecular complexity index is 449. The molecule has 2 N–H and O–H groups in total. The van der Waals surface area contributed by atoms with E-state index in [-0.39, 0.29) is 11.7 Å². The fourth-order valence-electron chi connectivity index (χ4n) is 2.00. The van der Waals surface area contributed by atoms with Crippen molar-refractivity contribution in [2.45, 2.75) is 25.1 Å². The molecule has 0 unspecified atom stereocenters. The summed E-state index contributed by atoms with van der Waals surface area (Å²) in [6, 6.07) is 0.722. The number of nitrogens with zero attached hydrogens (tertiary/aromatic N) is 2. The standard InChI is InChI=1S/C11H15F3N4O/c1-18-4-2-7(3-5-18)15-10(19)8-6-9(17-16-8)11(12,13)14/h6-7H,2-5H2,1H3,(H,15,19)(H,16,17). The maximum Gasteiger partial charge on any atom is 0.432 e. The second-order valence-corrected chi connectivity index (χ2v) is 4.72. The van der Waals surface area contributed by atoms with Gasteiger partial charge in [0.15, 0.2) is 5.69 Å². The number of aromatic amines is 1. The Morgan fingerprint density at radius 2 is 2.11 bits per heavy atom. The number of amides is 1. The van der Waals surface area contributed by atoms with Gasteiger partial charge >= 0.3 is 6.18 Å². The highest BCUT2D eigenvalue weighted by Crippen LogP contribution is 2.27. The Labute approximate surface area is 108 Å². The summed E-state index contributed by atoms with van der Waals surface area (Å²) in [5.74, 6) is -0.568. The molecule has 1 amide bonds. The molecule has 1 saturated heterocycles. The summed E-state index contributed by atoms with van der Waals surface area (Å²) in [7, 11) is 1.99. The molecule has 0 radical (unpaired) electrons. The number of alkyl halides is 3. The van der Waals surface area contributed by atoms with Crippen LogP contribution in [-0.2, 0) is 6.18 Å². The Hall–Kier alpha value is -1.57. The Morgan fingerprint density at radius 1 is 1.47 bits per heavy atom. The van der Waals surface area contributed by atoms with Crippen molar-refractivity contribution < 1.29 is 18.0 Å². The van der Waals surface area contributed by atoms with Gasteiger partial charge in [-0.3, -0.25) is 9.89 Å². The highest BCUT2D eigenvalue weighted by Gasteiger charge is 2.34. The Balaban J connectivity index is 1.95. The van der Waals surface area contributed by atoms with Crippen LogP contribution in [0.25, 0.3) is 0 Å². The smallest absolute Gasteiger partial charge is 0.348 e. The first-order chi connectivity index (χ1) is 8.86. The average Bonchev–Trinajstić information content (AvgIpc) is 2.81. The van der Waals surface area contributed by atoms with Crippen molar-refractivity contribution >= 4 is 5.91 Å². The lowest BCUT2D eigenvalue weighted by atomic mass is 10.1. The number of aromatic nitrogens is 2. The molecule has 2 heterocycles. The van der Waals surface area contributed by atoms with Crippen molar-refractivity contribution in [3.63, 3.8) is 0 Å². The molecule has 106 valence electrons. The molecule has 1 aromatic rings. The van der Waals surface area contributed by atoms with Gasteiger partial charge in [-0.15, -0.1) is 0 Å². The van der Waals surface area contributed by atoms with Gasteiger partial charge in [-0.05, 0) is 33.0 Å². The molecule has 0 spiro atoms. The predicted octanol–water partition coefficient (Wildman–Crippen LogP) is 1.25. The van der Waals surface area contributed by atoms with Crippen LogP contribution in [0.15, 0.2) is 6.07 Å². The van der Waals surface area contributed by atoms with Crippen LogP contribution >= 0.6 is 0 Å². The minimum Gasteiger partial charge on any atom is -0.348 e. The summed E-state index contributed by atoms with van der Waals surface area (Å²) >= 11 is 0.